The third-order valence-electron chi connectivity index (χ3n) is 1.43. The van der Waals surface area contributed by atoms with Crippen LogP contribution < -0.4 is 10.4 Å². The molecule has 0 saturated heterocycles. The Morgan fingerprint density at radius 1 is 1.67 bits per heavy atom. The van der Waals surface area contributed by atoms with E-state index in [4.69, 9.17) is 10.00 Å². The first-order valence-corrected chi connectivity index (χ1v) is 3.28. The average molecular weight is 165 g/mol. The maximum atomic E-state index is 10.8. The van der Waals surface area contributed by atoms with Gasteiger partial charge in [-0.3, -0.25) is 0 Å². The quantitative estimate of drug-likeness (QED) is 0.618. The molecule has 1 aromatic heterocycles. The first kappa shape index (κ1) is 8.34. The Morgan fingerprint density at radius 3 is 2.83 bits per heavy atom. The Kier molecular flexibility index (Phi) is 2.15. The van der Waals surface area contributed by atoms with Crippen LogP contribution in [-0.4, -0.2) is 7.11 Å². The molecule has 0 saturated carbocycles. The third kappa shape index (κ3) is 1.30. The molecule has 0 fully saturated rings. The number of hydrogen-bond donors (Lipinski definition) is 0. The molecule has 0 atom stereocenters. The second-order valence-electron chi connectivity index (χ2n) is 2.18. The summed E-state index contributed by atoms with van der Waals surface area (Å²) in [6.45, 7) is 1.54. The second-order valence-corrected chi connectivity index (χ2v) is 2.18. The molecule has 1 aromatic rings. The Hall–Kier alpha value is -1.76. The summed E-state index contributed by atoms with van der Waals surface area (Å²) in [5.41, 5.74) is -0.250. The molecule has 0 radical (unpaired) electrons. The Balaban J connectivity index is 3.47. The molecule has 62 valence electrons. The predicted molar refractivity (Wildman–Crippen MR) is 41.0 cm³/mol. The molecule has 1 heterocycles. The van der Waals surface area contributed by atoms with Gasteiger partial charge < -0.3 is 9.15 Å². The lowest BCUT2D eigenvalue weighted by Crippen LogP contribution is -2.02. The van der Waals surface area contributed by atoms with Crippen LogP contribution in [0.2, 0.25) is 0 Å². The van der Waals surface area contributed by atoms with E-state index < -0.39 is 5.63 Å². The smallest absolute Gasteiger partial charge is 0.339 e. The lowest BCUT2D eigenvalue weighted by molar-refractivity contribution is 0.394. The zero-order chi connectivity index (χ0) is 9.14. The van der Waals surface area contributed by atoms with E-state index in [1.54, 1.807) is 6.92 Å². The van der Waals surface area contributed by atoms with Crippen LogP contribution in [0.25, 0.3) is 0 Å². The van der Waals surface area contributed by atoms with Crippen LogP contribution in [0, 0.1) is 18.3 Å². The number of rotatable bonds is 1. The first-order chi connectivity index (χ1) is 5.69. The molecule has 0 unspecified atom stereocenters. The van der Waals surface area contributed by atoms with Gasteiger partial charge in [0, 0.05) is 0 Å². The van der Waals surface area contributed by atoms with Crippen LogP contribution >= 0.6 is 0 Å². The van der Waals surface area contributed by atoms with Crippen molar-refractivity contribution in [1.82, 2.24) is 0 Å². The molecule has 0 amide bonds. The summed E-state index contributed by atoms with van der Waals surface area (Å²) in [6.07, 6.45) is 0. The fraction of sp³-hybridized carbons (Fsp3) is 0.250. The topological polar surface area (TPSA) is 63.2 Å². The minimum Gasteiger partial charge on any atom is -0.495 e. The number of hydrogen-bond acceptors (Lipinski definition) is 4. The minimum atomic E-state index is -0.511. The first-order valence-electron chi connectivity index (χ1n) is 3.28. The molecular formula is C8H7NO3. The number of ether oxygens (including phenoxy) is 1. The largest absolute Gasteiger partial charge is 0.495 e. The van der Waals surface area contributed by atoms with E-state index in [9.17, 15) is 4.79 Å². The molecule has 12 heavy (non-hydrogen) atoms. The molecule has 4 heteroatoms. The molecular weight excluding hydrogens is 158 g/mol. The van der Waals surface area contributed by atoms with Crippen LogP contribution in [-0.2, 0) is 0 Å². The van der Waals surface area contributed by atoms with Crippen molar-refractivity contribution in [3.05, 3.63) is 27.8 Å². The van der Waals surface area contributed by atoms with Gasteiger partial charge in [-0.05, 0) is 6.92 Å². The van der Waals surface area contributed by atoms with Crippen LogP contribution in [0.3, 0.4) is 0 Å². The van der Waals surface area contributed by atoms with Gasteiger partial charge in [0.25, 0.3) is 0 Å². The van der Waals surface area contributed by atoms with Crippen molar-refractivity contribution in [2.45, 2.75) is 6.92 Å². The van der Waals surface area contributed by atoms with Gasteiger partial charge in [0.05, 0.1) is 13.2 Å². The van der Waals surface area contributed by atoms with Gasteiger partial charge in [-0.25, -0.2) is 4.79 Å². The molecule has 0 aliphatic heterocycles. The Morgan fingerprint density at radius 2 is 2.33 bits per heavy atom. The Labute approximate surface area is 69.0 Å². The summed E-state index contributed by atoms with van der Waals surface area (Å²) in [4.78, 5) is 10.8. The maximum absolute atomic E-state index is 10.8. The van der Waals surface area contributed by atoms with Gasteiger partial charge in [-0.2, -0.15) is 5.26 Å². The normalized spacial score (nSPS) is 9.08. The van der Waals surface area contributed by atoms with E-state index in [0.717, 1.165) is 6.07 Å². The van der Waals surface area contributed by atoms with E-state index in [1.807, 2.05) is 6.07 Å². The number of nitrogens with zero attached hydrogens (tertiary/aromatic N) is 1. The van der Waals surface area contributed by atoms with Crippen molar-refractivity contribution < 1.29 is 9.15 Å². The number of methoxy groups -OCH3 is 1. The highest BCUT2D eigenvalue weighted by Crippen LogP contribution is 2.17. The fourth-order valence-electron chi connectivity index (χ4n) is 0.879. The molecule has 0 aliphatic rings. The minimum absolute atomic E-state index is 0.256. The van der Waals surface area contributed by atoms with Crippen LogP contribution in [0.5, 0.6) is 5.75 Å². The van der Waals surface area contributed by atoms with Crippen molar-refractivity contribution in [1.29, 1.82) is 5.26 Å². The van der Waals surface area contributed by atoms with E-state index in [0.29, 0.717) is 0 Å². The fourth-order valence-corrected chi connectivity index (χ4v) is 0.879. The average Bonchev–Trinajstić information content (AvgIpc) is 2.03. The van der Waals surface area contributed by atoms with Gasteiger partial charge >= 0.3 is 5.63 Å². The van der Waals surface area contributed by atoms with E-state index in [2.05, 4.69) is 4.42 Å². The van der Waals surface area contributed by atoms with E-state index >= 15 is 0 Å². The molecule has 0 aliphatic carbocycles. The van der Waals surface area contributed by atoms with Crippen LogP contribution in [0.15, 0.2) is 15.3 Å². The summed E-state index contributed by atoms with van der Waals surface area (Å²) in [6, 6.07) is 3.03. The SMILES string of the molecule is COc1cc(=O)oc(C)c1C#N. The summed E-state index contributed by atoms with van der Waals surface area (Å²) in [5, 5.41) is 8.63. The van der Waals surface area contributed by atoms with Gasteiger partial charge in [0.2, 0.25) is 0 Å². The van der Waals surface area contributed by atoms with Gasteiger partial charge in [-0.15, -0.1) is 0 Å². The highest BCUT2D eigenvalue weighted by Gasteiger charge is 2.08. The zero-order valence-corrected chi connectivity index (χ0v) is 6.75. The number of aryl methyl sites for hydroxylation is 1. The lowest BCUT2D eigenvalue weighted by Gasteiger charge is -2.01. The summed E-state index contributed by atoms with van der Waals surface area (Å²) < 4.78 is 9.50. The standard InChI is InChI=1S/C8H7NO3/c1-5-6(4-9)7(11-2)3-8(10)12-5/h3H,1-2H3. The van der Waals surface area contributed by atoms with Crippen LogP contribution in [0.4, 0.5) is 0 Å². The van der Waals surface area contributed by atoms with Crippen molar-refractivity contribution >= 4 is 0 Å². The molecule has 0 bridgehead atoms. The Bertz CT molecular complexity index is 386. The summed E-state index contributed by atoms with van der Waals surface area (Å²) in [5.74, 6) is 0.535. The highest BCUT2D eigenvalue weighted by molar-refractivity contribution is 5.43. The van der Waals surface area contributed by atoms with Gasteiger partial charge in [0.15, 0.2) is 0 Å². The van der Waals surface area contributed by atoms with Crippen molar-refractivity contribution in [2.75, 3.05) is 7.11 Å². The zero-order valence-electron chi connectivity index (χ0n) is 6.75. The van der Waals surface area contributed by atoms with E-state index in [1.165, 1.54) is 7.11 Å². The van der Waals surface area contributed by atoms with Gasteiger partial charge in [-0.1, -0.05) is 0 Å². The molecule has 0 aromatic carbocycles. The maximum Gasteiger partial charge on any atom is 0.339 e. The predicted octanol–water partition coefficient (Wildman–Crippen LogP) is 0.829. The number of nitriles is 1. The lowest BCUT2D eigenvalue weighted by atomic mass is 10.2. The summed E-state index contributed by atoms with van der Waals surface area (Å²) in [7, 11) is 1.40. The van der Waals surface area contributed by atoms with Gasteiger partial charge in [0.1, 0.15) is 23.1 Å². The highest BCUT2D eigenvalue weighted by atomic mass is 16.5. The third-order valence-corrected chi connectivity index (χ3v) is 1.43. The van der Waals surface area contributed by atoms with Crippen molar-refractivity contribution in [3.8, 4) is 11.8 Å². The van der Waals surface area contributed by atoms with Crippen LogP contribution in [0.1, 0.15) is 11.3 Å². The molecule has 0 N–H and O–H groups in total. The second kappa shape index (κ2) is 3.09. The summed E-state index contributed by atoms with van der Waals surface area (Å²) >= 11 is 0. The van der Waals surface area contributed by atoms with Crippen molar-refractivity contribution in [2.24, 2.45) is 0 Å². The van der Waals surface area contributed by atoms with E-state index in [-0.39, 0.29) is 17.1 Å². The molecule has 0 spiro atoms. The van der Waals surface area contributed by atoms with Crippen molar-refractivity contribution in [3.63, 3.8) is 0 Å². The monoisotopic (exact) mass is 165 g/mol. The molecule has 4 nitrogen and oxygen atoms in total. The molecule has 1 rings (SSSR count).